The van der Waals surface area contributed by atoms with Crippen LogP contribution in [0, 0.1) is 5.82 Å². The van der Waals surface area contributed by atoms with Crippen LogP contribution in [-0.4, -0.2) is 11.7 Å². The molecule has 0 bridgehead atoms. The molecule has 1 rings (SSSR count). The lowest BCUT2D eigenvalue weighted by Crippen LogP contribution is -1.94. The fraction of sp³-hybridized carbons (Fsp3) is 0.200. The van der Waals surface area contributed by atoms with E-state index >= 15 is 0 Å². The van der Waals surface area contributed by atoms with Crippen molar-refractivity contribution in [2.45, 2.75) is 6.61 Å². The number of aliphatic hydroxyl groups is 1. The minimum absolute atomic E-state index is 0.165. The minimum atomic E-state index is -0.339. The van der Waals surface area contributed by atoms with Crippen molar-refractivity contribution in [2.75, 3.05) is 6.54 Å². The van der Waals surface area contributed by atoms with Crippen LogP contribution in [0.15, 0.2) is 24.3 Å². The largest absolute Gasteiger partial charge is 0.392 e. The van der Waals surface area contributed by atoms with Gasteiger partial charge in [0.2, 0.25) is 0 Å². The Hall–Kier alpha value is -1.19. The summed E-state index contributed by atoms with van der Waals surface area (Å²) in [6.07, 6.45) is 3.53. The second-order valence-electron chi connectivity index (χ2n) is 2.64. The maximum absolute atomic E-state index is 12.7. The van der Waals surface area contributed by atoms with E-state index in [4.69, 9.17) is 10.8 Å². The first-order valence-corrected chi connectivity index (χ1v) is 4.04. The fourth-order valence-corrected chi connectivity index (χ4v) is 1.07. The molecule has 0 aliphatic rings. The quantitative estimate of drug-likeness (QED) is 0.738. The average Bonchev–Trinajstić information content (AvgIpc) is 2.16. The molecule has 0 unspecified atom stereocenters. The van der Waals surface area contributed by atoms with Crippen LogP contribution in [0.1, 0.15) is 11.1 Å². The molecule has 0 saturated carbocycles. The number of hydrogen-bond acceptors (Lipinski definition) is 2. The Labute approximate surface area is 76.5 Å². The second-order valence-corrected chi connectivity index (χ2v) is 2.64. The zero-order valence-electron chi connectivity index (χ0n) is 7.20. The molecule has 0 heterocycles. The Morgan fingerprint density at radius 2 is 2.23 bits per heavy atom. The lowest BCUT2D eigenvalue weighted by Gasteiger charge is -2.01. The van der Waals surface area contributed by atoms with E-state index < -0.39 is 0 Å². The van der Waals surface area contributed by atoms with E-state index in [1.54, 1.807) is 18.2 Å². The molecule has 1 aromatic carbocycles. The van der Waals surface area contributed by atoms with E-state index in [1.807, 2.05) is 0 Å². The lowest BCUT2D eigenvalue weighted by molar-refractivity contribution is 0.281. The summed E-state index contributed by atoms with van der Waals surface area (Å²) in [5, 5.41) is 8.91. The highest BCUT2D eigenvalue weighted by Crippen LogP contribution is 2.12. The number of benzene rings is 1. The molecule has 3 heteroatoms. The molecule has 0 atom stereocenters. The smallest absolute Gasteiger partial charge is 0.123 e. The van der Waals surface area contributed by atoms with E-state index in [0.717, 1.165) is 5.56 Å². The van der Waals surface area contributed by atoms with Crippen LogP contribution in [0.2, 0.25) is 0 Å². The summed E-state index contributed by atoms with van der Waals surface area (Å²) in [5.74, 6) is -0.339. The van der Waals surface area contributed by atoms with Gasteiger partial charge >= 0.3 is 0 Å². The van der Waals surface area contributed by atoms with E-state index in [2.05, 4.69) is 0 Å². The standard InChI is InChI=1S/C10H12FNO/c11-10-4-3-8(2-1-5-12)9(6-10)7-13/h1-4,6,13H,5,7,12H2. The van der Waals surface area contributed by atoms with Crippen molar-refractivity contribution in [2.24, 2.45) is 5.73 Å². The van der Waals surface area contributed by atoms with Crippen molar-refractivity contribution < 1.29 is 9.50 Å². The van der Waals surface area contributed by atoms with Gasteiger partial charge in [-0.1, -0.05) is 18.2 Å². The molecule has 0 aliphatic carbocycles. The first-order valence-electron chi connectivity index (χ1n) is 4.04. The van der Waals surface area contributed by atoms with Gasteiger partial charge in [-0.15, -0.1) is 0 Å². The normalized spacial score (nSPS) is 11.0. The van der Waals surface area contributed by atoms with Crippen molar-refractivity contribution >= 4 is 6.08 Å². The number of aliphatic hydroxyl groups excluding tert-OH is 1. The lowest BCUT2D eigenvalue weighted by atomic mass is 10.1. The highest BCUT2D eigenvalue weighted by molar-refractivity contribution is 5.53. The third kappa shape index (κ3) is 2.65. The summed E-state index contributed by atoms with van der Waals surface area (Å²) in [6.45, 7) is 0.268. The van der Waals surface area contributed by atoms with Gasteiger partial charge in [0.15, 0.2) is 0 Å². The molecule has 1 aromatic rings. The Kier molecular flexibility index (Phi) is 3.61. The van der Waals surface area contributed by atoms with Gasteiger partial charge in [-0.05, 0) is 23.3 Å². The predicted molar refractivity (Wildman–Crippen MR) is 50.4 cm³/mol. The Morgan fingerprint density at radius 3 is 2.85 bits per heavy atom. The van der Waals surface area contributed by atoms with Gasteiger partial charge in [0.05, 0.1) is 6.61 Å². The molecule has 2 nitrogen and oxygen atoms in total. The molecular weight excluding hydrogens is 169 g/mol. The Balaban J connectivity index is 2.99. The summed E-state index contributed by atoms with van der Waals surface area (Å²) >= 11 is 0. The molecule has 0 aromatic heterocycles. The summed E-state index contributed by atoms with van der Waals surface area (Å²) < 4.78 is 12.7. The minimum Gasteiger partial charge on any atom is -0.392 e. The van der Waals surface area contributed by atoms with Crippen LogP contribution in [0.4, 0.5) is 4.39 Å². The van der Waals surface area contributed by atoms with Gasteiger partial charge in [-0.2, -0.15) is 0 Å². The molecule has 13 heavy (non-hydrogen) atoms. The maximum Gasteiger partial charge on any atom is 0.123 e. The Bertz CT molecular complexity index is 310. The zero-order chi connectivity index (χ0) is 9.68. The molecule has 0 amide bonds. The van der Waals surface area contributed by atoms with E-state index in [-0.39, 0.29) is 12.4 Å². The van der Waals surface area contributed by atoms with Crippen molar-refractivity contribution in [3.05, 3.63) is 41.2 Å². The molecule has 0 spiro atoms. The van der Waals surface area contributed by atoms with Gasteiger partial charge < -0.3 is 10.8 Å². The van der Waals surface area contributed by atoms with Gasteiger partial charge in [-0.25, -0.2) is 4.39 Å². The van der Waals surface area contributed by atoms with Gasteiger partial charge in [0.25, 0.3) is 0 Å². The van der Waals surface area contributed by atoms with E-state index in [0.29, 0.717) is 12.1 Å². The molecular formula is C10H12FNO. The zero-order valence-corrected chi connectivity index (χ0v) is 7.20. The maximum atomic E-state index is 12.7. The summed E-state index contributed by atoms with van der Waals surface area (Å²) in [7, 11) is 0. The number of rotatable bonds is 3. The second kappa shape index (κ2) is 4.74. The van der Waals surface area contributed by atoms with Crippen molar-refractivity contribution in [1.29, 1.82) is 0 Å². The first kappa shape index (κ1) is 9.89. The van der Waals surface area contributed by atoms with Crippen LogP contribution in [0.25, 0.3) is 6.08 Å². The van der Waals surface area contributed by atoms with E-state index in [1.165, 1.54) is 12.1 Å². The first-order chi connectivity index (χ1) is 6.27. The summed E-state index contributed by atoms with van der Waals surface area (Å²) in [5.41, 5.74) is 6.65. The molecule has 0 fully saturated rings. The third-order valence-electron chi connectivity index (χ3n) is 1.71. The summed E-state index contributed by atoms with van der Waals surface area (Å²) in [4.78, 5) is 0. The number of nitrogens with two attached hydrogens (primary N) is 1. The SMILES string of the molecule is NCC=Cc1ccc(F)cc1CO. The fourth-order valence-electron chi connectivity index (χ4n) is 1.07. The Morgan fingerprint density at radius 1 is 1.46 bits per heavy atom. The molecule has 0 radical (unpaired) electrons. The molecule has 3 N–H and O–H groups in total. The highest BCUT2D eigenvalue weighted by atomic mass is 19.1. The highest BCUT2D eigenvalue weighted by Gasteiger charge is 1.99. The van der Waals surface area contributed by atoms with Crippen LogP contribution in [0.5, 0.6) is 0 Å². The van der Waals surface area contributed by atoms with Crippen molar-refractivity contribution in [3.8, 4) is 0 Å². The van der Waals surface area contributed by atoms with Gasteiger partial charge in [-0.3, -0.25) is 0 Å². The van der Waals surface area contributed by atoms with Gasteiger partial charge in [0.1, 0.15) is 5.82 Å². The van der Waals surface area contributed by atoms with Crippen LogP contribution in [-0.2, 0) is 6.61 Å². The average molecular weight is 181 g/mol. The molecule has 0 aliphatic heterocycles. The topological polar surface area (TPSA) is 46.2 Å². The van der Waals surface area contributed by atoms with Crippen LogP contribution >= 0.6 is 0 Å². The van der Waals surface area contributed by atoms with Gasteiger partial charge in [0, 0.05) is 6.54 Å². The van der Waals surface area contributed by atoms with Crippen LogP contribution in [0.3, 0.4) is 0 Å². The third-order valence-corrected chi connectivity index (χ3v) is 1.71. The summed E-state index contributed by atoms with van der Waals surface area (Å²) in [6, 6.07) is 4.29. The number of hydrogen-bond donors (Lipinski definition) is 2. The van der Waals surface area contributed by atoms with Crippen molar-refractivity contribution in [1.82, 2.24) is 0 Å². The predicted octanol–water partition coefficient (Wildman–Crippen LogP) is 1.29. The monoisotopic (exact) mass is 181 g/mol. The number of halogens is 1. The van der Waals surface area contributed by atoms with E-state index in [9.17, 15) is 4.39 Å². The molecule has 70 valence electrons. The van der Waals surface area contributed by atoms with Crippen molar-refractivity contribution in [3.63, 3.8) is 0 Å². The molecule has 0 saturated heterocycles. The van der Waals surface area contributed by atoms with Crippen LogP contribution < -0.4 is 5.73 Å².